The monoisotopic (exact) mass is 364 g/mol. The number of hydrogen-bond acceptors (Lipinski definition) is 4. The molecule has 0 radical (unpaired) electrons. The molecule has 6 nitrogen and oxygen atoms in total. The number of nitrogens with one attached hydrogen (secondary N) is 2. The molecule has 2 heterocycles. The Morgan fingerprint density at radius 2 is 1.88 bits per heavy atom. The first-order valence-electron chi connectivity index (χ1n) is 9.63. The second kappa shape index (κ2) is 9.42. The molecule has 2 N–H and O–H groups in total. The zero-order valence-corrected chi connectivity index (χ0v) is 17.3. The number of nitrogens with zero attached hydrogens (tertiary/aromatic N) is 2. The molecule has 0 aromatic carbocycles. The molecule has 0 amide bonds. The van der Waals surface area contributed by atoms with Crippen LogP contribution in [0, 0.1) is 12.3 Å². The predicted octanol–water partition coefficient (Wildman–Crippen LogP) is 2.95. The highest BCUT2D eigenvalue weighted by Crippen LogP contribution is 2.26. The Labute approximate surface area is 158 Å². The summed E-state index contributed by atoms with van der Waals surface area (Å²) in [6.45, 7) is 12.3. The van der Waals surface area contributed by atoms with Crippen LogP contribution in [0.5, 0.6) is 0 Å². The van der Waals surface area contributed by atoms with Crippen molar-refractivity contribution in [2.75, 3.05) is 40.3 Å². The SMILES string of the molecule is CN=C(NCC(c1ccc(C)o1)N1CCCC1)NCC(OC)C(C)(C)C. The van der Waals surface area contributed by atoms with Crippen LogP contribution < -0.4 is 10.6 Å². The van der Waals surface area contributed by atoms with Gasteiger partial charge in [-0.05, 0) is 50.4 Å². The van der Waals surface area contributed by atoms with Crippen molar-refractivity contribution in [3.8, 4) is 0 Å². The van der Waals surface area contributed by atoms with Gasteiger partial charge in [0.15, 0.2) is 5.96 Å². The van der Waals surface area contributed by atoms with Crippen LogP contribution in [0.15, 0.2) is 21.5 Å². The lowest BCUT2D eigenvalue weighted by Gasteiger charge is -2.30. The summed E-state index contributed by atoms with van der Waals surface area (Å²) in [6.07, 6.45) is 2.62. The lowest BCUT2D eigenvalue weighted by atomic mass is 9.89. The molecule has 1 aliphatic heterocycles. The maximum atomic E-state index is 5.92. The molecular formula is C20H36N4O2. The van der Waals surface area contributed by atoms with Crippen molar-refractivity contribution in [2.24, 2.45) is 10.4 Å². The van der Waals surface area contributed by atoms with Gasteiger partial charge in [0, 0.05) is 27.2 Å². The van der Waals surface area contributed by atoms with Gasteiger partial charge in [0.05, 0.1) is 12.1 Å². The number of hydrogen-bond donors (Lipinski definition) is 2. The van der Waals surface area contributed by atoms with E-state index in [1.807, 2.05) is 13.0 Å². The quantitative estimate of drug-likeness (QED) is 0.575. The third-order valence-electron chi connectivity index (χ3n) is 5.06. The molecule has 0 bridgehead atoms. The van der Waals surface area contributed by atoms with Crippen LogP contribution in [0.4, 0.5) is 0 Å². The number of aryl methyl sites for hydroxylation is 1. The molecule has 1 aromatic rings. The summed E-state index contributed by atoms with van der Waals surface area (Å²) in [6, 6.07) is 4.36. The van der Waals surface area contributed by atoms with E-state index in [0.29, 0.717) is 6.54 Å². The van der Waals surface area contributed by atoms with Gasteiger partial charge in [0.2, 0.25) is 0 Å². The molecule has 1 aliphatic rings. The standard InChI is InChI=1S/C20H36N4O2/c1-15-9-10-17(26-15)16(24-11-7-8-12-24)13-22-19(21-5)23-14-18(25-6)20(2,3)4/h9-10,16,18H,7-8,11-14H2,1-6H3,(H2,21,22,23). The number of guanidine groups is 1. The highest BCUT2D eigenvalue weighted by molar-refractivity contribution is 5.79. The zero-order chi connectivity index (χ0) is 19.2. The fourth-order valence-electron chi connectivity index (χ4n) is 3.44. The number of rotatable bonds is 7. The third kappa shape index (κ3) is 5.74. The van der Waals surface area contributed by atoms with Crippen LogP contribution in [0.1, 0.15) is 51.2 Å². The van der Waals surface area contributed by atoms with E-state index in [2.05, 4.69) is 47.4 Å². The minimum atomic E-state index is 0.0738. The van der Waals surface area contributed by atoms with E-state index in [4.69, 9.17) is 9.15 Å². The van der Waals surface area contributed by atoms with Gasteiger partial charge in [0.25, 0.3) is 0 Å². The Morgan fingerprint density at radius 3 is 2.38 bits per heavy atom. The van der Waals surface area contributed by atoms with E-state index < -0.39 is 0 Å². The molecular weight excluding hydrogens is 328 g/mol. The van der Waals surface area contributed by atoms with Gasteiger partial charge in [-0.15, -0.1) is 0 Å². The van der Waals surface area contributed by atoms with Crippen molar-refractivity contribution in [1.29, 1.82) is 0 Å². The Morgan fingerprint density at radius 1 is 1.23 bits per heavy atom. The van der Waals surface area contributed by atoms with Crippen molar-refractivity contribution in [2.45, 2.75) is 52.7 Å². The van der Waals surface area contributed by atoms with Crippen LogP contribution in [0.25, 0.3) is 0 Å². The molecule has 0 saturated carbocycles. The number of aliphatic imine (C=N–C) groups is 1. The Hall–Kier alpha value is -1.53. The second-order valence-electron chi connectivity index (χ2n) is 8.13. The summed E-state index contributed by atoms with van der Waals surface area (Å²) >= 11 is 0. The average Bonchev–Trinajstić information content (AvgIpc) is 3.24. The average molecular weight is 365 g/mol. The highest BCUT2D eigenvalue weighted by Gasteiger charge is 2.27. The van der Waals surface area contributed by atoms with E-state index in [-0.39, 0.29) is 17.6 Å². The van der Waals surface area contributed by atoms with E-state index in [0.717, 1.165) is 37.1 Å². The lowest BCUT2D eigenvalue weighted by Crippen LogP contribution is -2.47. The largest absolute Gasteiger partial charge is 0.465 e. The maximum Gasteiger partial charge on any atom is 0.191 e. The highest BCUT2D eigenvalue weighted by atomic mass is 16.5. The summed E-state index contributed by atoms with van der Waals surface area (Å²) in [5, 5.41) is 6.86. The van der Waals surface area contributed by atoms with Gasteiger partial charge in [-0.25, -0.2) is 0 Å². The lowest BCUT2D eigenvalue weighted by molar-refractivity contribution is 0.0205. The molecule has 148 valence electrons. The van der Waals surface area contributed by atoms with E-state index >= 15 is 0 Å². The van der Waals surface area contributed by atoms with Crippen molar-refractivity contribution in [1.82, 2.24) is 15.5 Å². The van der Waals surface area contributed by atoms with Crippen LogP contribution in [-0.4, -0.2) is 57.3 Å². The van der Waals surface area contributed by atoms with Crippen LogP contribution in [-0.2, 0) is 4.74 Å². The molecule has 0 aliphatic carbocycles. The number of methoxy groups -OCH3 is 1. The Bertz CT molecular complexity index is 571. The van der Waals surface area contributed by atoms with E-state index in [1.165, 1.54) is 12.8 Å². The molecule has 2 unspecified atom stereocenters. The topological polar surface area (TPSA) is 62.0 Å². The number of ether oxygens (including phenoxy) is 1. The summed E-state index contributed by atoms with van der Waals surface area (Å²) < 4.78 is 11.5. The fraction of sp³-hybridized carbons (Fsp3) is 0.750. The summed E-state index contributed by atoms with van der Waals surface area (Å²) in [5.74, 6) is 2.78. The van der Waals surface area contributed by atoms with Gasteiger partial charge in [0.1, 0.15) is 11.5 Å². The normalized spacial score (nSPS) is 18.8. The van der Waals surface area contributed by atoms with Gasteiger partial charge in [-0.3, -0.25) is 9.89 Å². The van der Waals surface area contributed by atoms with Gasteiger partial charge < -0.3 is 19.8 Å². The number of furan rings is 1. The molecule has 2 rings (SSSR count). The Balaban J connectivity index is 1.95. The molecule has 2 atom stereocenters. The van der Waals surface area contributed by atoms with Crippen LogP contribution >= 0.6 is 0 Å². The van der Waals surface area contributed by atoms with Crippen LogP contribution in [0.2, 0.25) is 0 Å². The summed E-state index contributed by atoms with van der Waals surface area (Å²) in [7, 11) is 3.56. The third-order valence-corrected chi connectivity index (χ3v) is 5.06. The molecule has 1 fully saturated rings. The minimum Gasteiger partial charge on any atom is -0.465 e. The number of likely N-dealkylation sites (tertiary alicyclic amines) is 1. The van der Waals surface area contributed by atoms with Crippen molar-refractivity contribution in [3.05, 3.63) is 23.7 Å². The fourth-order valence-corrected chi connectivity index (χ4v) is 3.44. The van der Waals surface area contributed by atoms with Crippen molar-refractivity contribution >= 4 is 5.96 Å². The van der Waals surface area contributed by atoms with Gasteiger partial charge in [-0.2, -0.15) is 0 Å². The first-order valence-corrected chi connectivity index (χ1v) is 9.63. The minimum absolute atomic E-state index is 0.0738. The molecule has 26 heavy (non-hydrogen) atoms. The van der Waals surface area contributed by atoms with Gasteiger partial charge in [-0.1, -0.05) is 20.8 Å². The molecule has 0 spiro atoms. The Kier molecular flexibility index (Phi) is 7.53. The first-order chi connectivity index (χ1) is 12.3. The molecule has 6 heteroatoms. The van der Waals surface area contributed by atoms with Crippen molar-refractivity contribution in [3.63, 3.8) is 0 Å². The van der Waals surface area contributed by atoms with E-state index in [1.54, 1.807) is 14.2 Å². The first kappa shape index (κ1) is 20.8. The smallest absolute Gasteiger partial charge is 0.191 e. The van der Waals surface area contributed by atoms with Crippen molar-refractivity contribution < 1.29 is 9.15 Å². The summed E-state index contributed by atoms with van der Waals surface area (Å²) in [4.78, 5) is 6.86. The second-order valence-corrected chi connectivity index (χ2v) is 8.13. The molecule has 1 saturated heterocycles. The molecule has 1 aromatic heterocycles. The van der Waals surface area contributed by atoms with Gasteiger partial charge >= 0.3 is 0 Å². The zero-order valence-electron chi connectivity index (χ0n) is 17.3. The summed E-state index contributed by atoms with van der Waals surface area (Å²) in [5.41, 5.74) is 0.0738. The predicted molar refractivity (Wildman–Crippen MR) is 107 cm³/mol. The maximum absolute atomic E-state index is 5.92. The van der Waals surface area contributed by atoms with E-state index in [9.17, 15) is 0 Å². The van der Waals surface area contributed by atoms with Crippen LogP contribution in [0.3, 0.4) is 0 Å².